The molecule has 0 aliphatic rings. The Bertz CT molecular complexity index is 1220. The molecule has 0 atom stereocenters. The third-order valence-electron chi connectivity index (χ3n) is 4.62. The lowest BCUT2D eigenvalue weighted by Gasteiger charge is -2.21. The second-order valence-corrected chi connectivity index (χ2v) is 8.67. The fourth-order valence-corrected chi connectivity index (χ4v) is 4.89. The van der Waals surface area contributed by atoms with Gasteiger partial charge in [-0.3, -0.25) is 14.2 Å². The Morgan fingerprint density at radius 3 is 2.36 bits per heavy atom. The van der Waals surface area contributed by atoms with Gasteiger partial charge in [0.2, 0.25) is 0 Å². The molecule has 1 heterocycles. The number of nitrogens with zero attached hydrogens (tertiary/aromatic N) is 3. The van der Waals surface area contributed by atoms with Crippen LogP contribution in [0.1, 0.15) is 16.7 Å². The van der Waals surface area contributed by atoms with Gasteiger partial charge in [-0.1, -0.05) is 29.8 Å². The van der Waals surface area contributed by atoms with E-state index in [9.17, 15) is 18.0 Å². The van der Waals surface area contributed by atoms with Crippen LogP contribution in [0.25, 0.3) is 11.0 Å². The smallest absolute Gasteiger partial charge is 0.269 e. The molecular formula is C20H21N3O4S. The molecule has 28 heavy (non-hydrogen) atoms. The lowest BCUT2D eigenvalue weighted by atomic mass is 10.1. The highest BCUT2D eigenvalue weighted by atomic mass is 32.2. The van der Waals surface area contributed by atoms with Gasteiger partial charge in [-0.2, -0.15) is 0 Å². The number of aryl methyl sites for hydroxylation is 3. The van der Waals surface area contributed by atoms with Crippen LogP contribution in [0.3, 0.4) is 0 Å². The normalized spacial score (nSPS) is 11.6. The van der Waals surface area contributed by atoms with Crippen LogP contribution in [0.15, 0.2) is 52.3 Å². The molecule has 0 spiro atoms. The van der Waals surface area contributed by atoms with E-state index in [-0.39, 0.29) is 4.90 Å². The van der Waals surface area contributed by atoms with Gasteiger partial charge in [0.05, 0.1) is 22.1 Å². The molecule has 2 aromatic carbocycles. The zero-order valence-electron chi connectivity index (χ0n) is 16.1. The predicted molar refractivity (Wildman–Crippen MR) is 107 cm³/mol. The second-order valence-electron chi connectivity index (χ2n) is 6.77. The van der Waals surface area contributed by atoms with E-state index in [1.807, 2.05) is 6.92 Å². The van der Waals surface area contributed by atoms with Crippen molar-refractivity contribution in [2.45, 2.75) is 32.2 Å². The maximum Gasteiger partial charge on any atom is 0.269 e. The van der Waals surface area contributed by atoms with E-state index in [0.29, 0.717) is 26.5 Å². The highest BCUT2D eigenvalue weighted by molar-refractivity contribution is 7.89. The minimum absolute atomic E-state index is 0.112. The molecule has 0 unspecified atom stereocenters. The van der Waals surface area contributed by atoms with Crippen LogP contribution in [-0.4, -0.2) is 35.2 Å². The number of sulfonamides is 1. The highest BCUT2D eigenvalue weighted by Gasteiger charge is 2.29. The fraction of sp³-hybridized carbons (Fsp3) is 0.250. The van der Waals surface area contributed by atoms with E-state index in [0.717, 1.165) is 11.8 Å². The number of aromatic nitrogens is 2. The van der Waals surface area contributed by atoms with E-state index < -0.39 is 28.0 Å². The van der Waals surface area contributed by atoms with Gasteiger partial charge in [-0.05, 0) is 44.0 Å². The number of rotatable bonds is 4. The Balaban J connectivity index is 2.01. The third-order valence-corrected chi connectivity index (χ3v) is 6.70. The summed E-state index contributed by atoms with van der Waals surface area (Å²) in [5.74, 6) is -0.710. The number of hydrogen-bond acceptors (Lipinski definition) is 5. The van der Waals surface area contributed by atoms with Crippen molar-refractivity contribution in [3.8, 4) is 0 Å². The van der Waals surface area contributed by atoms with Gasteiger partial charge < -0.3 is 0 Å². The summed E-state index contributed by atoms with van der Waals surface area (Å²) < 4.78 is 28.1. The summed E-state index contributed by atoms with van der Waals surface area (Å²) >= 11 is 0. The molecule has 1 aromatic heterocycles. The van der Waals surface area contributed by atoms with Crippen LogP contribution in [0.4, 0.5) is 0 Å². The zero-order valence-corrected chi connectivity index (χ0v) is 16.9. The molecule has 0 saturated heterocycles. The number of hydrogen-bond donors (Lipinski definition) is 0. The summed E-state index contributed by atoms with van der Waals surface area (Å²) in [6.07, 6.45) is 1.12. The zero-order chi connectivity index (χ0) is 20.6. The lowest BCUT2D eigenvalue weighted by molar-refractivity contribution is -0.126. The molecule has 1 amide bonds. The van der Waals surface area contributed by atoms with Crippen molar-refractivity contribution in [1.82, 2.24) is 13.9 Å². The molecule has 7 nitrogen and oxygen atoms in total. The highest BCUT2D eigenvalue weighted by Crippen LogP contribution is 2.25. The van der Waals surface area contributed by atoms with E-state index in [4.69, 9.17) is 0 Å². The molecule has 0 aliphatic heterocycles. The number of fused-ring (bicyclic) bond motifs is 1. The first-order chi connectivity index (χ1) is 13.1. The Morgan fingerprint density at radius 2 is 1.71 bits per heavy atom. The van der Waals surface area contributed by atoms with E-state index in [2.05, 4.69) is 4.98 Å². The average Bonchev–Trinajstić information content (AvgIpc) is 2.62. The Hall–Kier alpha value is -3.00. The van der Waals surface area contributed by atoms with E-state index in [1.165, 1.54) is 11.6 Å². The van der Waals surface area contributed by atoms with Gasteiger partial charge in [0, 0.05) is 7.05 Å². The molecule has 0 saturated carbocycles. The van der Waals surface area contributed by atoms with Crippen molar-refractivity contribution < 1.29 is 13.2 Å². The number of carbonyl (C=O) groups is 1. The molecule has 0 N–H and O–H groups in total. The molecular weight excluding hydrogens is 378 g/mol. The van der Waals surface area contributed by atoms with Crippen molar-refractivity contribution in [2.75, 3.05) is 7.05 Å². The molecule has 0 radical (unpaired) electrons. The summed E-state index contributed by atoms with van der Waals surface area (Å²) in [6.45, 7) is 4.88. The first-order valence-electron chi connectivity index (χ1n) is 8.67. The molecule has 0 aliphatic carbocycles. The quantitative estimate of drug-likeness (QED) is 0.671. The monoisotopic (exact) mass is 399 g/mol. The largest absolute Gasteiger partial charge is 0.296 e. The Labute approximate surface area is 163 Å². The van der Waals surface area contributed by atoms with Gasteiger partial charge in [0.1, 0.15) is 6.54 Å². The van der Waals surface area contributed by atoms with Crippen LogP contribution < -0.4 is 5.56 Å². The standard InChI is InChI=1S/C20H21N3O4S/c1-13-9-14(2)20(15(3)10-13)28(26,27)22(4)19(25)12-23-17-8-6-5-7-16(17)21-11-18(23)24/h5-11H,12H2,1-4H3. The summed E-state index contributed by atoms with van der Waals surface area (Å²) in [5.41, 5.74) is 2.63. The molecule has 3 rings (SSSR count). The number of likely N-dealkylation sites (N-methyl/N-ethyl adjacent to an activating group) is 1. The van der Waals surface area contributed by atoms with Crippen LogP contribution in [0.2, 0.25) is 0 Å². The topological polar surface area (TPSA) is 89.3 Å². The molecule has 146 valence electrons. The number of amides is 1. The third kappa shape index (κ3) is 3.43. The summed E-state index contributed by atoms with van der Waals surface area (Å²) in [5, 5.41) is 0. The summed E-state index contributed by atoms with van der Waals surface area (Å²) in [7, 11) is -2.84. The van der Waals surface area contributed by atoms with Crippen molar-refractivity contribution in [2.24, 2.45) is 0 Å². The first kappa shape index (κ1) is 19.8. The van der Waals surface area contributed by atoms with Crippen molar-refractivity contribution in [3.05, 3.63) is 69.6 Å². The summed E-state index contributed by atoms with van der Waals surface area (Å²) in [6, 6.07) is 10.4. The number of para-hydroxylation sites is 2. The summed E-state index contributed by atoms with van der Waals surface area (Å²) in [4.78, 5) is 29.2. The van der Waals surface area contributed by atoms with Crippen molar-refractivity contribution in [1.29, 1.82) is 0 Å². The fourth-order valence-electron chi connectivity index (χ4n) is 3.36. The van der Waals surface area contributed by atoms with Gasteiger partial charge in [-0.15, -0.1) is 0 Å². The molecule has 8 heteroatoms. The minimum atomic E-state index is -4.05. The number of benzene rings is 2. The Morgan fingerprint density at radius 1 is 1.11 bits per heavy atom. The van der Waals surface area contributed by atoms with Crippen LogP contribution in [0.5, 0.6) is 0 Å². The minimum Gasteiger partial charge on any atom is -0.296 e. The van der Waals surface area contributed by atoms with E-state index >= 15 is 0 Å². The predicted octanol–water partition coefficient (Wildman–Crippen LogP) is 2.17. The Kier molecular flexibility index (Phi) is 5.08. The number of carbonyl (C=O) groups excluding carboxylic acids is 1. The van der Waals surface area contributed by atoms with Crippen molar-refractivity contribution in [3.63, 3.8) is 0 Å². The van der Waals surface area contributed by atoms with Gasteiger partial charge >= 0.3 is 0 Å². The molecule has 3 aromatic rings. The van der Waals surface area contributed by atoms with Crippen LogP contribution in [-0.2, 0) is 21.4 Å². The first-order valence-corrected chi connectivity index (χ1v) is 10.1. The SMILES string of the molecule is Cc1cc(C)c(S(=O)(=O)N(C)C(=O)Cn2c(=O)cnc3ccccc32)c(C)c1. The lowest BCUT2D eigenvalue weighted by Crippen LogP contribution is -2.38. The van der Waals surface area contributed by atoms with Gasteiger partial charge in [0.25, 0.3) is 21.5 Å². The van der Waals surface area contributed by atoms with E-state index in [1.54, 1.807) is 50.2 Å². The second kappa shape index (κ2) is 7.20. The van der Waals surface area contributed by atoms with Gasteiger partial charge in [-0.25, -0.2) is 17.7 Å². The maximum absolute atomic E-state index is 13.1. The molecule has 0 bridgehead atoms. The average molecular weight is 399 g/mol. The van der Waals surface area contributed by atoms with Gasteiger partial charge in [0.15, 0.2) is 0 Å². The van der Waals surface area contributed by atoms with Crippen LogP contribution in [0, 0.1) is 20.8 Å². The maximum atomic E-state index is 13.1. The molecule has 0 fully saturated rings. The van der Waals surface area contributed by atoms with Crippen LogP contribution >= 0.6 is 0 Å². The van der Waals surface area contributed by atoms with Crippen molar-refractivity contribution >= 4 is 27.0 Å².